The van der Waals surface area contributed by atoms with Crippen molar-refractivity contribution in [2.75, 3.05) is 5.75 Å². The van der Waals surface area contributed by atoms with E-state index in [0.717, 1.165) is 37.7 Å². The van der Waals surface area contributed by atoms with Crippen LogP contribution in [0.4, 0.5) is 0 Å². The Morgan fingerprint density at radius 2 is 1.56 bits per heavy atom. The minimum absolute atomic E-state index is 0.0000673. The van der Waals surface area contributed by atoms with Crippen LogP contribution in [-0.4, -0.2) is 43.0 Å². The molecule has 1 aromatic carbocycles. The molecular weight excluding hydrogens is 669 g/mol. The molecule has 0 aromatic heterocycles. The SMILES string of the molecule is C=C1/C(=C\C=C2/CCC[C@]3(C)[C@@H]([C@H](C)CCCCS(=O)(=O)c4ccccc4)CC[C@@H]23)C[C@@H](O[Si](C)(C)C(C)(C)C)C[C@@H]1O[Si](C)(C)C(C)(C)C. The lowest BCUT2D eigenvalue weighted by molar-refractivity contribution is 0.0932. The molecule has 282 valence electrons. The van der Waals surface area contributed by atoms with Gasteiger partial charge in [-0.3, -0.25) is 0 Å². The molecule has 7 heteroatoms. The topological polar surface area (TPSA) is 52.6 Å². The molecule has 50 heavy (non-hydrogen) atoms. The molecule has 1 aromatic rings. The van der Waals surface area contributed by atoms with Crippen LogP contribution in [0.15, 0.2) is 70.7 Å². The molecule has 0 heterocycles. The van der Waals surface area contributed by atoms with E-state index in [9.17, 15) is 8.42 Å². The summed E-state index contributed by atoms with van der Waals surface area (Å²) >= 11 is 0. The molecule has 3 saturated carbocycles. The maximum Gasteiger partial charge on any atom is 0.192 e. The molecule has 3 fully saturated rings. The standard InChI is InChI=1S/C43H72O4SSi2/c1-32(20-17-18-29-48(44,45)37-22-15-14-16-23-37)38-26-27-39-34(21-19-28-43(38,39)9)24-25-35-30-36(46-49(10,11)41(3,4)5)31-40(33(35)2)47-50(12,13)42(6,7)8/h14-16,22-25,32,36,38-40H,2,17-21,26-31H2,1,3-13H3/b34-24+,35-25-/t32-,36-,38-,39+,40+,43-/m1/s1. The predicted molar refractivity (Wildman–Crippen MR) is 218 cm³/mol. The summed E-state index contributed by atoms with van der Waals surface area (Å²) in [6.07, 6.45) is 15.9. The van der Waals surface area contributed by atoms with E-state index in [1.165, 1.54) is 37.7 Å². The van der Waals surface area contributed by atoms with Gasteiger partial charge in [0, 0.05) is 6.42 Å². The number of sulfone groups is 1. The van der Waals surface area contributed by atoms with Crippen molar-refractivity contribution in [1.82, 2.24) is 0 Å². The van der Waals surface area contributed by atoms with E-state index in [0.29, 0.717) is 28.1 Å². The Morgan fingerprint density at radius 3 is 2.18 bits per heavy atom. The fourth-order valence-electron chi connectivity index (χ4n) is 8.68. The quantitative estimate of drug-likeness (QED) is 0.158. The third kappa shape index (κ3) is 9.45. The highest BCUT2D eigenvalue weighted by Crippen LogP contribution is 2.60. The summed E-state index contributed by atoms with van der Waals surface area (Å²) in [6.45, 7) is 33.1. The molecular formula is C43H72O4SSi2. The van der Waals surface area contributed by atoms with E-state index in [-0.39, 0.29) is 28.0 Å². The maximum atomic E-state index is 12.8. The molecule has 0 bridgehead atoms. The van der Waals surface area contributed by atoms with Crippen molar-refractivity contribution in [3.63, 3.8) is 0 Å². The van der Waals surface area contributed by atoms with Gasteiger partial charge in [-0.2, -0.15) is 0 Å². The van der Waals surface area contributed by atoms with Crippen LogP contribution < -0.4 is 0 Å². The van der Waals surface area contributed by atoms with Crippen LogP contribution in [0, 0.1) is 23.2 Å². The van der Waals surface area contributed by atoms with Crippen LogP contribution in [0.5, 0.6) is 0 Å². The summed E-state index contributed by atoms with van der Waals surface area (Å²) in [5.74, 6) is 2.14. The minimum Gasteiger partial charge on any atom is -0.413 e. The molecule has 0 N–H and O–H groups in total. The number of allylic oxidation sites excluding steroid dienone is 3. The second-order valence-corrected chi connectivity index (χ2v) is 31.1. The van der Waals surface area contributed by atoms with Crippen molar-refractivity contribution >= 4 is 26.5 Å². The van der Waals surface area contributed by atoms with Gasteiger partial charge in [0.25, 0.3) is 0 Å². The largest absolute Gasteiger partial charge is 0.413 e. The van der Waals surface area contributed by atoms with Crippen LogP contribution in [0.2, 0.25) is 36.3 Å². The fraction of sp³-hybridized carbons (Fsp3) is 0.721. The van der Waals surface area contributed by atoms with Crippen LogP contribution in [0.25, 0.3) is 0 Å². The lowest BCUT2D eigenvalue weighted by atomic mass is 9.60. The third-order valence-corrected chi connectivity index (χ3v) is 24.7. The number of hydrogen-bond acceptors (Lipinski definition) is 4. The Bertz CT molecular complexity index is 1490. The number of rotatable bonds is 12. The smallest absolute Gasteiger partial charge is 0.192 e. The zero-order chi connectivity index (χ0) is 37.3. The van der Waals surface area contributed by atoms with Gasteiger partial charge in [0.2, 0.25) is 0 Å². The summed E-state index contributed by atoms with van der Waals surface area (Å²) < 4.78 is 39.8. The molecule has 3 aliphatic carbocycles. The second kappa shape index (κ2) is 15.6. The number of hydrogen-bond donors (Lipinski definition) is 0. The average Bonchev–Trinajstić information content (AvgIpc) is 3.36. The molecule has 0 amide bonds. The Labute approximate surface area is 310 Å². The van der Waals surface area contributed by atoms with E-state index in [2.05, 4.69) is 100 Å². The molecule has 0 radical (unpaired) electrons. The van der Waals surface area contributed by atoms with Gasteiger partial charge in [-0.15, -0.1) is 0 Å². The average molecular weight is 741 g/mol. The molecule has 0 saturated heterocycles. The molecule has 0 aliphatic heterocycles. The Balaban J connectivity index is 1.48. The van der Waals surface area contributed by atoms with Gasteiger partial charge in [0.1, 0.15) is 0 Å². The van der Waals surface area contributed by atoms with Crippen molar-refractivity contribution < 1.29 is 17.3 Å². The van der Waals surface area contributed by atoms with Crippen molar-refractivity contribution in [2.45, 2.75) is 173 Å². The Morgan fingerprint density at radius 1 is 0.940 bits per heavy atom. The lowest BCUT2D eigenvalue weighted by Crippen LogP contribution is -2.49. The monoisotopic (exact) mass is 740 g/mol. The van der Waals surface area contributed by atoms with Crippen LogP contribution >= 0.6 is 0 Å². The highest BCUT2D eigenvalue weighted by Gasteiger charge is 2.50. The first kappa shape index (κ1) is 41.5. The number of unbranched alkanes of at least 4 members (excludes halogenated alkanes) is 1. The number of benzene rings is 1. The first-order valence-corrected chi connectivity index (χ1v) is 27.2. The van der Waals surface area contributed by atoms with E-state index < -0.39 is 26.5 Å². The number of fused-ring (bicyclic) bond motifs is 1. The normalized spacial score (nSPS) is 29.4. The molecule has 4 nitrogen and oxygen atoms in total. The van der Waals surface area contributed by atoms with Gasteiger partial charge >= 0.3 is 0 Å². The summed E-state index contributed by atoms with van der Waals surface area (Å²) in [4.78, 5) is 0.449. The molecule has 0 unspecified atom stereocenters. The van der Waals surface area contributed by atoms with Crippen molar-refractivity contribution in [3.05, 3.63) is 65.8 Å². The van der Waals surface area contributed by atoms with Gasteiger partial charge in [0.15, 0.2) is 26.5 Å². The molecule has 3 aliphatic rings. The summed E-state index contributed by atoms with van der Waals surface area (Å²) in [7, 11) is -7.16. The van der Waals surface area contributed by atoms with Gasteiger partial charge in [-0.25, -0.2) is 8.42 Å². The maximum absolute atomic E-state index is 12.8. The lowest BCUT2D eigenvalue weighted by Gasteiger charge is -2.46. The van der Waals surface area contributed by atoms with Crippen LogP contribution in [0.3, 0.4) is 0 Å². The van der Waals surface area contributed by atoms with Crippen LogP contribution in [-0.2, 0) is 18.7 Å². The Kier molecular flexibility index (Phi) is 13.0. The van der Waals surface area contributed by atoms with Gasteiger partial charge in [0.05, 0.1) is 22.9 Å². The first-order valence-electron chi connectivity index (χ1n) is 19.7. The summed E-state index contributed by atoms with van der Waals surface area (Å²) in [6, 6.07) is 8.92. The fourth-order valence-corrected chi connectivity index (χ4v) is 12.7. The van der Waals surface area contributed by atoms with Crippen molar-refractivity contribution in [1.29, 1.82) is 0 Å². The third-order valence-electron chi connectivity index (χ3n) is 13.9. The predicted octanol–water partition coefficient (Wildman–Crippen LogP) is 12.5. The summed E-state index contributed by atoms with van der Waals surface area (Å²) in [5.41, 5.74) is 4.41. The van der Waals surface area contributed by atoms with Crippen LogP contribution in [0.1, 0.15) is 120 Å². The minimum atomic E-state index is -3.21. The molecule has 6 atom stereocenters. The van der Waals surface area contributed by atoms with Crippen molar-refractivity contribution in [3.8, 4) is 0 Å². The molecule has 4 rings (SSSR count). The first-order chi connectivity index (χ1) is 23.0. The summed E-state index contributed by atoms with van der Waals surface area (Å²) in [5, 5.41) is 0.292. The van der Waals surface area contributed by atoms with Crippen molar-refractivity contribution in [2.24, 2.45) is 23.2 Å². The zero-order valence-corrected chi connectivity index (χ0v) is 36.8. The molecule has 0 spiro atoms. The highest BCUT2D eigenvalue weighted by atomic mass is 32.2. The highest BCUT2D eigenvalue weighted by molar-refractivity contribution is 7.91. The zero-order valence-electron chi connectivity index (χ0n) is 34.0. The van der Waals surface area contributed by atoms with E-state index in [1.54, 1.807) is 17.7 Å². The van der Waals surface area contributed by atoms with Gasteiger partial charge in [-0.05, 0) is 128 Å². The van der Waals surface area contributed by atoms with E-state index in [4.69, 9.17) is 8.85 Å². The Hall–Kier alpha value is -1.26. The second-order valence-electron chi connectivity index (χ2n) is 19.5. The van der Waals surface area contributed by atoms with E-state index in [1.807, 2.05) is 18.2 Å². The van der Waals surface area contributed by atoms with Gasteiger partial charge in [-0.1, -0.05) is 111 Å². The van der Waals surface area contributed by atoms with E-state index >= 15 is 0 Å². The van der Waals surface area contributed by atoms with Gasteiger partial charge < -0.3 is 8.85 Å².